The van der Waals surface area contributed by atoms with Crippen LogP contribution in [0.25, 0.3) is 0 Å². The van der Waals surface area contributed by atoms with E-state index in [2.05, 4.69) is 23.3 Å². The van der Waals surface area contributed by atoms with Gasteiger partial charge < -0.3 is 16.0 Å². The third kappa shape index (κ3) is 1.92. The van der Waals surface area contributed by atoms with E-state index >= 15 is 0 Å². The molecular formula is C10H15N3. The SMILES string of the molecule is CN1CC(Nc2cccc(N)c2)C1. The topological polar surface area (TPSA) is 41.3 Å². The third-order valence-electron chi connectivity index (χ3n) is 2.32. The Balaban J connectivity index is 1.94. The number of benzene rings is 1. The van der Waals surface area contributed by atoms with Crippen LogP contribution in [0.15, 0.2) is 24.3 Å². The third-order valence-corrected chi connectivity index (χ3v) is 2.32. The van der Waals surface area contributed by atoms with Crippen molar-refractivity contribution in [2.75, 3.05) is 31.2 Å². The summed E-state index contributed by atoms with van der Waals surface area (Å²) in [5.74, 6) is 0. The van der Waals surface area contributed by atoms with E-state index in [0.717, 1.165) is 24.5 Å². The maximum absolute atomic E-state index is 5.67. The van der Waals surface area contributed by atoms with Gasteiger partial charge in [0.05, 0.1) is 6.04 Å². The summed E-state index contributed by atoms with van der Waals surface area (Å²) in [6.07, 6.45) is 0. The summed E-state index contributed by atoms with van der Waals surface area (Å²) in [4.78, 5) is 2.28. The lowest BCUT2D eigenvalue weighted by atomic mass is 10.1. The summed E-state index contributed by atoms with van der Waals surface area (Å²) in [5, 5.41) is 3.43. The van der Waals surface area contributed by atoms with Crippen molar-refractivity contribution in [3.05, 3.63) is 24.3 Å². The molecule has 0 bridgehead atoms. The molecule has 70 valence electrons. The fraction of sp³-hybridized carbons (Fsp3) is 0.400. The van der Waals surface area contributed by atoms with Crippen molar-refractivity contribution in [2.45, 2.75) is 6.04 Å². The summed E-state index contributed by atoms with van der Waals surface area (Å²) in [6, 6.07) is 8.48. The van der Waals surface area contributed by atoms with Crippen molar-refractivity contribution >= 4 is 11.4 Å². The van der Waals surface area contributed by atoms with Gasteiger partial charge in [-0.05, 0) is 25.2 Å². The molecule has 0 amide bonds. The molecule has 0 atom stereocenters. The number of nitrogens with two attached hydrogens (primary N) is 1. The van der Waals surface area contributed by atoms with E-state index < -0.39 is 0 Å². The van der Waals surface area contributed by atoms with Crippen LogP contribution in [0.3, 0.4) is 0 Å². The van der Waals surface area contributed by atoms with E-state index in [9.17, 15) is 0 Å². The lowest BCUT2D eigenvalue weighted by molar-refractivity contribution is 0.205. The minimum atomic E-state index is 0.590. The Morgan fingerprint density at radius 3 is 2.85 bits per heavy atom. The second-order valence-corrected chi connectivity index (χ2v) is 3.69. The molecular weight excluding hydrogens is 162 g/mol. The van der Waals surface area contributed by atoms with E-state index in [-0.39, 0.29) is 0 Å². The predicted octanol–water partition coefficient (Wildman–Crippen LogP) is 0.995. The van der Waals surface area contributed by atoms with Gasteiger partial charge >= 0.3 is 0 Å². The molecule has 3 nitrogen and oxygen atoms in total. The highest BCUT2D eigenvalue weighted by atomic mass is 15.2. The molecule has 1 heterocycles. The van der Waals surface area contributed by atoms with Crippen molar-refractivity contribution in [1.82, 2.24) is 4.90 Å². The normalized spacial score (nSPS) is 18.2. The monoisotopic (exact) mass is 177 g/mol. The second kappa shape index (κ2) is 3.26. The molecule has 0 saturated carbocycles. The van der Waals surface area contributed by atoms with E-state index in [4.69, 9.17) is 5.73 Å². The quantitative estimate of drug-likeness (QED) is 0.662. The number of nitrogens with one attached hydrogen (secondary N) is 1. The first kappa shape index (κ1) is 8.38. The summed E-state index contributed by atoms with van der Waals surface area (Å²) in [5.41, 5.74) is 7.61. The molecule has 3 heteroatoms. The fourth-order valence-electron chi connectivity index (χ4n) is 1.65. The number of hydrogen-bond donors (Lipinski definition) is 2. The van der Waals surface area contributed by atoms with Crippen molar-refractivity contribution in [1.29, 1.82) is 0 Å². The zero-order chi connectivity index (χ0) is 9.26. The number of likely N-dealkylation sites (tertiary alicyclic amines) is 1. The Labute approximate surface area is 78.5 Å². The van der Waals surface area contributed by atoms with Crippen molar-refractivity contribution in [3.63, 3.8) is 0 Å². The van der Waals surface area contributed by atoms with Gasteiger partial charge in [-0.1, -0.05) is 6.07 Å². The van der Waals surface area contributed by atoms with Crippen LogP contribution in [-0.2, 0) is 0 Å². The van der Waals surface area contributed by atoms with E-state index in [1.165, 1.54) is 0 Å². The standard InChI is InChI=1S/C10H15N3/c1-13-6-10(7-13)12-9-4-2-3-8(11)5-9/h2-5,10,12H,6-7,11H2,1H3. The van der Waals surface area contributed by atoms with Gasteiger partial charge in [0.25, 0.3) is 0 Å². The summed E-state index contributed by atoms with van der Waals surface area (Å²) in [7, 11) is 2.12. The lowest BCUT2D eigenvalue weighted by Crippen LogP contribution is -2.52. The number of anilines is 2. The number of likely N-dealkylation sites (N-methyl/N-ethyl adjacent to an activating group) is 1. The molecule has 3 N–H and O–H groups in total. The molecule has 1 saturated heterocycles. The maximum atomic E-state index is 5.67. The maximum Gasteiger partial charge on any atom is 0.0515 e. The number of rotatable bonds is 2. The lowest BCUT2D eigenvalue weighted by Gasteiger charge is -2.37. The van der Waals surface area contributed by atoms with Crippen LogP contribution in [0.4, 0.5) is 11.4 Å². The van der Waals surface area contributed by atoms with Gasteiger partial charge in [-0.3, -0.25) is 0 Å². The summed E-state index contributed by atoms with van der Waals surface area (Å²) < 4.78 is 0. The Bertz CT molecular complexity index is 292. The van der Waals surface area contributed by atoms with Gasteiger partial charge in [-0.15, -0.1) is 0 Å². The molecule has 0 unspecified atom stereocenters. The Kier molecular flexibility index (Phi) is 2.10. The van der Waals surface area contributed by atoms with E-state index in [0.29, 0.717) is 6.04 Å². The zero-order valence-electron chi connectivity index (χ0n) is 7.83. The molecule has 1 aliphatic rings. The van der Waals surface area contributed by atoms with E-state index in [1.54, 1.807) is 0 Å². The second-order valence-electron chi connectivity index (χ2n) is 3.69. The Morgan fingerprint density at radius 1 is 1.46 bits per heavy atom. The van der Waals surface area contributed by atoms with E-state index in [1.807, 2.05) is 18.2 Å². The average Bonchev–Trinajstić information content (AvgIpc) is 2.01. The fourth-order valence-corrected chi connectivity index (χ4v) is 1.65. The van der Waals surface area contributed by atoms with Crippen LogP contribution in [0, 0.1) is 0 Å². The highest BCUT2D eigenvalue weighted by molar-refractivity contribution is 5.54. The Morgan fingerprint density at radius 2 is 2.23 bits per heavy atom. The smallest absolute Gasteiger partial charge is 0.0515 e. The van der Waals surface area contributed by atoms with Crippen LogP contribution < -0.4 is 11.1 Å². The minimum absolute atomic E-state index is 0.590. The first-order valence-corrected chi connectivity index (χ1v) is 4.54. The molecule has 1 aliphatic heterocycles. The first-order valence-electron chi connectivity index (χ1n) is 4.54. The largest absolute Gasteiger partial charge is 0.399 e. The van der Waals surface area contributed by atoms with Gasteiger partial charge in [-0.2, -0.15) is 0 Å². The number of nitrogen functional groups attached to an aromatic ring is 1. The predicted molar refractivity (Wildman–Crippen MR) is 55.8 cm³/mol. The van der Waals surface area contributed by atoms with Gasteiger partial charge in [-0.25, -0.2) is 0 Å². The molecule has 0 spiro atoms. The van der Waals surface area contributed by atoms with Gasteiger partial charge in [0, 0.05) is 24.5 Å². The van der Waals surface area contributed by atoms with Crippen LogP contribution in [0.2, 0.25) is 0 Å². The molecule has 13 heavy (non-hydrogen) atoms. The number of nitrogens with zero attached hydrogens (tertiary/aromatic N) is 1. The molecule has 0 radical (unpaired) electrons. The molecule has 1 fully saturated rings. The van der Waals surface area contributed by atoms with Gasteiger partial charge in [0.15, 0.2) is 0 Å². The molecule has 0 aromatic heterocycles. The Hall–Kier alpha value is -1.22. The summed E-state index contributed by atoms with van der Waals surface area (Å²) in [6.45, 7) is 2.24. The van der Waals surface area contributed by atoms with Crippen molar-refractivity contribution < 1.29 is 0 Å². The first-order chi connectivity index (χ1) is 6.24. The molecule has 1 aromatic carbocycles. The van der Waals surface area contributed by atoms with Gasteiger partial charge in [0.2, 0.25) is 0 Å². The highest BCUT2D eigenvalue weighted by Crippen LogP contribution is 2.16. The van der Waals surface area contributed by atoms with Crippen LogP contribution >= 0.6 is 0 Å². The van der Waals surface area contributed by atoms with Crippen molar-refractivity contribution in [2.24, 2.45) is 0 Å². The highest BCUT2D eigenvalue weighted by Gasteiger charge is 2.22. The van der Waals surface area contributed by atoms with Crippen molar-refractivity contribution in [3.8, 4) is 0 Å². The van der Waals surface area contributed by atoms with Crippen LogP contribution in [-0.4, -0.2) is 31.1 Å². The molecule has 2 rings (SSSR count). The minimum Gasteiger partial charge on any atom is -0.399 e. The average molecular weight is 177 g/mol. The summed E-state index contributed by atoms with van der Waals surface area (Å²) >= 11 is 0. The number of hydrogen-bond acceptors (Lipinski definition) is 3. The van der Waals surface area contributed by atoms with Crippen LogP contribution in [0.1, 0.15) is 0 Å². The molecule has 0 aliphatic carbocycles. The van der Waals surface area contributed by atoms with Gasteiger partial charge in [0.1, 0.15) is 0 Å². The van der Waals surface area contributed by atoms with Crippen LogP contribution in [0.5, 0.6) is 0 Å². The molecule has 1 aromatic rings. The zero-order valence-corrected chi connectivity index (χ0v) is 7.83.